The maximum absolute atomic E-state index is 12.0. The maximum atomic E-state index is 12.0. The lowest BCUT2D eigenvalue weighted by molar-refractivity contribution is -0.114. The fourth-order valence-electron chi connectivity index (χ4n) is 1.81. The molecule has 0 unspecified atom stereocenters. The quantitative estimate of drug-likeness (QED) is 0.784. The van der Waals surface area contributed by atoms with Crippen molar-refractivity contribution in [1.82, 2.24) is 5.32 Å². The van der Waals surface area contributed by atoms with Crippen molar-refractivity contribution in [3.05, 3.63) is 51.2 Å². The van der Waals surface area contributed by atoms with Crippen LogP contribution < -0.4 is 10.6 Å². The number of halogens is 1. The molecule has 22 heavy (non-hydrogen) atoms. The van der Waals surface area contributed by atoms with Gasteiger partial charge in [-0.15, -0.1) is 11.3 Å². The first-order valence-electron chi connectivity index (χ1n) is 6.55. The lowest BCUT2D eigenvalue weighted by Gasteiger charge is -2.10. The Balaban J connectivity index is 1.90. The van der Waals surface area contributed by atoms with E-state index in [1.54, 1.807) is 36.4 Å². The van der Waals surface area contributed by atoms with Gasteiger partial charge in [0.1, 0.15) is 6.10 Å². The molecule has 1 atom stereocenters. The lowest BCUT2D eigenvalue weighted by Crippen LogP contribution is -2.28. The SMILES string of the molecule is CC(=O)Nc1ccc(C(=O)NC[C@H](O)c2ccc(Cl)s2)cc1. The molecule has 2 aromatic rings. The summed E-state index contributed by atoms with van der Waals surface area (Å²) in [6, 6.07) is 9.93. The number of thiophene rings is 1. The molecule has 2 amide bonds. The molecule has 0 aliphatic rings. The molecular formula is C15H15ClN2O3S. The molecular weight excluding hydrogens is 324 g/mol. The first-order valence-corrected chi connectivity index (χ1v) is 7.74. The third-order valence-electron chi connectivity index (χ3n) is 2.85. The second-order valence-corrected chi connectivity index (χ2v) is 6.37. The highest BCUT2D eigenvalue weighted by Gasteiger charge is 2.12. The molecule has 0 saturated heterocycles. The zero-order valence-corrected chi connectivity index (χ0v) is 13.4. The second-order valence-electron chi connectivity index (χ2n) is 4.63. The molecule has 3 N–H and O–H groups in total. The highest BCUT2D eigenvalue weighted by atomic mass is 35.5. The van der Waals surface area contributed by atoms with Crippen molar-refractivity contribution in [2.75, 3.05) is 11.9 Å². The minimum Gasteiger partial charge on any atom is -0.386 e. The minimum absolute atomic E-state index is 0.100. The molecule has 5 nitrogen and oxygen atoms in total. The molecule has 2 rings (SSSR count). The molecule has 0 spiro atoms. The molecule has 1 aromatic heterocycles. The van der Waals surface area contributed by atoms with Crippen LogP contribution in [0.3, 0.4) is 0 Å². The second kappa shape index (κ2) is 7.40. The van der Waals surface area contributed by atoms with Gasteiger partial charge < -0.3 is 15.7 Å². The summed E-state index contributed by atoms with van der Waals surface area (Å²) in [4.78, 5) is 23.6. The fourth-order valence-corrected chi connectivity index (χ4v) is 2.85. The van der Waals surface area contributed by atoms with Gasteiger partial charge in [0, 0.05) is 29.6 Å². The van der Waals surface area contributed by atoms with Crippen molar-refractivity contribution >= 4 is 40.4 Å². The topological polar surface area (TPSA) is 78.4 Å². The van der Waals surface area contributed by atoms with E-state index in [2.05, 4.69) is 10.6 Å². The third-order valence-corrected chi connectivity index (χ3v) is 4.18. The van der Waals surface area contributed by atoms with E-state index in [1.807, 2.05) is 0 Å². The van der Waals surface area contributed by atoms with Gasteiger partial charge in [0.2, 0.25) is 5.91 Å². The van der Waals surface area contributed by atoms with Crippen LogP contribution >= 0.6 is 22.9 Å². The number of rotatable bonds is 5. The summed E-state index contributed by atoms with van der Waals surface area (Å²) in [7, 11) is 0. The van der Waals surface area contributed by atoms with E-state index in [0.29, 0.717) is 20.5 Å². The molecule has 0 aliphatic carbocycles. The molecule has 7 heteroatoms. The van der Waals surface area contributed by atoms with Crippen LogP contribution in [0.5, 0.6) is 0 Å². The van der Waals surface area contributed by atoms with Gasteiger partial charge in [-0.25, -0.2) is 0 Å². The summed E-state index contributed by atoms with van der Waals surface area (Å²) in [5, 5.41) is 15.2. The van der Waals surface area contributed by atoms with Crippen molar-refractivity contribution in [1.29, 1.82) is 0 Å². The zero-order chi connectivity index (χ0) is 16.1. The molecule has 0 aliphatic heterocycles. The van der Waals surface area contributed by atoms with Crippen LogP contribution in [0.1, 0.15) is 28.3 Å². The van der Waals surface area contributed by atoms with E-state index >= 15 is 0 Å². The molecule has 1 heterocycles. The van der Waals surface area contributed by atoms with Gasteiger partial charge >= 0.3 is 0 Å². The van der Waals surface area contributed by atoms with Gasteiger partial charge in [-0.05, 0) is 36.4 Å². The van der Waals surface area contributed by atoms with Crippen LogP contribution in [0.15, 0.2) is 36.4 Å². The number of aliphatic hydroxyl groups excluding tert-OH is 1. The first-order chi connectivity index (χ1) is 10.5. The Morgan fingerprint density at radius 2 is 1.91 bits per heavy atom. The summed E-state index contributed by atoms with van der Waals surface area (Å²) < 4.78 is 0.592. The predicted octanol–water partition coefficient (Wildman–Crippen LogP) is 2.82. The predicted molar refractivity (Wildman–Crippen MR) is 87.4 cm³/mol. The van der Waals surface area contributed by atoms with E-state index in [4.69, 9.17) is 11.6 Å². The molecule has 116 valence electrons. The number of benzene rings is 1. The van der Waals surface area contributed by atoms with Gasteiger partial charge in [0.05, 0.1) is 4.34 Å². The Kier molecular flexibility index (Phi) is 5.54. The Hall–Kier alpha value is -1.89. The first kappa shape index (κ1) is 16.5. The standard InChI is InChI=1S/C15H15ClN2O3S/c1-9(19)18-11-4-2-10(3-5-11)15(21)17-8-12(20)13-6-7-14(16)22-13/h2-7,12,20H,8H2,1H3,(H,17,21)(H,18,19)/t12-/m0/s1. The van der Waals surface area contributed by atoms with Crippen molar-refractivity contribution < 1.29 is 14.7 Å². The summed E-state index contributed by atoms with van der Waals surface area (Å²) in [5.74, 6) is -0.467. The van der Waals surface area contributed by atoms with Crippen molar-refractivity contribution in [3.63, 3.8) is 0 Å². The van der Waals surface area contributed by atoms with Gasteiger partial charge in [-0.3, -0.25) is 9.59 Å². The Morgan fingerprint density at radius 3 is 2.45 bits per heavy atom. The van der Waals surface area contributed by atoms with E-state index in [1.165, 1.54) is 18.3 Å². The number of carbonyl (C=O) groups excluding carboxylic acids is 2. The van der Waals surface area contributed by atoms with Crippen LogP contribution in [-0.2, 0) is 4.79 Å². The van der Waals surface area contributed by atoms with Gasteiger partial charge in [-0.2, -0.15) is 0 Å². The average Bonchev–Trinajstić information content (AvgIpc) is 2.91. The lowest BCUT2D eigenvalue weighted by atomic mass is 10.2. The number of anilines is 1. The summed E-state index contributed by atoms with van der Waals surface area (Å²) in [6.07, 6.45) is -0.792. The van der Waals surface area contributed by atoms with Crippen molar-refractivity contribution in [2.45, 2.75) is 13.0 Å². The van der Waals surface area contributed by atoms with Crippen LogP contribution in [0, 0.1) is 0 Å². The van der Waals surface area contributed by atoms with Crippen LogP contribution in [-0.4, -0.2) is 23.5 Å². The smallest absolute Gasteiger partial charge is 0.251 e. The Bertz CT molecular complexity index is 670. The van der Waals surface area contributed by atoms with Crippen LogP contribution in [0.4, 0.5) is 5.69 Å². The molecule has 0 radical (unpaired) electrons. The van der Waals surface area contributed by atoms with E-state index < -0.39 is 6.10 Å². The third kappa shape index (κ3) is 4.56. The molecule has 0 fully saturated rings. The highest BCUT2D eigenvalue weighted by Crippen LogP contribution is 2.26. The van der Waals surface area contributed by atoms with E-state index in [0.717, 1.165) is 0 Å². The number of nitrogens with one attached hydrogen (secondary N) is 2. The fraction of sp³-hybridized carbons (Fsp3) is 0.200. The van der Waals surface area contributed by atoms with Gasteiger partial charge in [0.25, 0.3) is 5.91 Å². The summed E-state index contributed by atoms with van der Waals surface area (Å²) in [5.41, 5.74) is 1.07. The molecule has 0 saturated carbocycles. The Labute approximate surface area is 136 Å². The molecule has 0 bridgehead atoms. The van der Waals surface area contributed by atoms with Crippen molar-refractivity contribution in [2.24, 2.45) is 0 Å². The van der Waals surface area contributed by atoms with Gasteiger partial charge in [-0.1, -0.05) is 11.6 Å². The number of amides is 2. The molecule has 1 aromatic carbocycles. The van der Waals surface area contributed by atoms with E-state index in [-0.39, 0.29) is 18.4 Å². The number of aliphatic hydroxyl groups is 1. The average molecular weight is 339 g/mol. The zero-order valence-electron chi connectivity index (χ0n) is 11.8. The normalized spacial score (nSPS) is 11.8. The van der Waals surface area contributed by atoms with Gasteiger partial charge in [0.15, 0.2) is 0 Å². The van der Waals surface area contributed by atoms with Crippen molar-refractivity contribution in [3.8, 4) is 0 Å². The van der Waals surface area contributed by atoms with Crippen LogP contribution in [0.2, 0.25) is 4.34 Å². The summed E-state index contributed by atoms with van der Waals surface area (Å²) in [6.45, 7) is 1.52. The number of hydrogen-bond donors (Lipinski definition) is 3. The minimum atomic E-state index is -0.792. The monoisotopic (exact) mass is 338 g/mol. The highest BCUT2D eigenvalue weighted by molar-refractivity contribution is 7.16. The Morgan fingerprint density at radius 1 is 1.23 bits per heavy atom. The van der Waals surface area contributed by atoms with E-state index in [9.17, 15) is 14.7 Å². The largest absolute Gasteiger partial charge is 0.386 e. The summed E-state index contributed by atoms with van der Waals surface area (Å²) >= 11 is 7.08. The number of carbonyl (C=O) groups is 2. The van der Waals surface area contributed by atoms with Crippen LogP contribution in [0.25, 0.3) is 0 Å². The number of hydrogen-bond acceptors (Lipinski definition) is 4. The maximum Gasteiger partial charge on any atom is 0.251 e.